The zero-order valence-corrected chi connectivity index (χ0v) is 15.3. The van der Waals surface area contributed by atoms with Crippen LogP contribution in [-0.4, -0.2) is 18.1 Å². The summed E-state index contributed by atoms with van der Waals surface area (Å²) in [5.74, 6) is 1.58. The van der Waals surface area contributed by atoms with Crippen molar-refractivity contribution < 1.29 is 14.3 Å². The van der Waals surface area contributed by atoms with Gasteiger partial charge in [0.05, 0.1) is 12.6 Å². The van der Waals surface area contributed by atoms with Crippen LogP contribution < -0.4 is 14.8 Å². The number of para-hydroxylation sites is 1. The fourth-order valence-corrected chi connectivity index (χ4v) is 3.28. The first-order valence-corrected chi connectivity index (χ1v) is 8.72. The minimum atomic E-state index is -0.318. The summed E-state index contributed by atoms with van der Waals surface area (Å²) in [5, 5.41) is 3.17. The number of amides is 1. The third-order valence-electron chi connectivity index (χ3n) is 4.42. The van der Waals surface area contributed by atoms with E-state index in [1.54, 1.807) is 0 Å². The number of hydrogen-bond donors (Lipinski definition) is 1. The summed E-state index contributed by atoms with van der Waals surface area (Å²) in [7, 11) is 0. The molecule has 0 bridgehead atoms. The highest BCUT2D eigenvalue weighted by Gasteiger charge is 2.34. The van der Waals surface area contributed by atoms with Crippen molar-refractivity contribution >= 4 is 5.91 Å². The van der Waals surface area contributed by atoms with Crippen LogP contribution in [0.5, 0.6) is 11.5 Å². The average Bonchev–Trinajstić information content (AvgIpc) is 2.55. The lowest BCUT2D eigenvalue weighted by molar-refractivity contribution is 0.0619. The van der Waals surface area contributed by atoms with Crippen LogP contribution in [0.15, 0.2) is 42.5 Å². The van der Waals surface area contributed by atoms with Gasteiger partial charge in [0.15, 0.2) is 0 Å². The molecule has 0 fully saturated rings. The van der Waals surface area contributed by atoms with Gasteiger partial charge in [-0.3, -0.25) is 4.79 Å². The van der Waals surface area contributed by atoms with Crippen molar-refractivity contribution in [1.82, 2.24) is 5.32 Å². The fourth-order valence-electron chi connectivity index (χ4n) is 3.28. The van der Waals surface area contributed by atoms with Gasteiger partial charge in [-0.25, -0.2) is 0 Å². The van der Waals surface area contributed by atoms with Crippen LogP contribution in [-0.2, 0) is 0 Å². The average molecular weight is 339 g/mol. The predicted molar refractivity (Wildman–Crippen MR) is 98.3 cm³/mol. The first kappa shape index (κ1) is 17.3. The van der Waals surface area contributed by atoms with Crippen LogP contribution in [0.4, 0.5) is 0 Å². The van der Waals surface area contributed by atoms with Crippen molar-refractivity contribution in [2.24, 2.45) is 0 Å². The standard InChI is InChI=1S/C21H25NO3/c1-5-24-18-11-10-15(12-14(18)2)20(23)22-17-13-21(3,4)25-19-9-7-6-8-16(17)19/h6-12,17H,5,13H2,1-4H3,(H,22,23). The van der Waals surface area contributed by atoms with Crippen LogP contribution >= 0.6 is 0 Å². The highest BCUT2D eigenvalue weighted by Crippen LogP contribution is 2.39. The monoisotopic (exact) mass is 339 g/mol. The Morgan fingerprint density at radius 2 is 2.04 bits per heavy atom. The summed E-state index contributed by atoms with van der Waals surface area (Å²) in [6, 6.07) is 13.4. The highest BCUT2D eigenvalue weighted by atomic mass is 16.5. The molecule has 132 valence electrons. The number of rotatable bonds is 4. The number of carbonyl (C=O) groups is 1. The first-order chi connectivity index (χ1) is 11.9. The van der Waals surface area contributed by atoms with Gasteiger partial charge < -0.3 is 14.8 Å². The largest absolute Gasteiger partial charge is 0.494 e. The Kier molecular flexibility index (Phi) is 4.71. The first-order valence-electron chi connectivity index (χ1n) is 8.72. The van der Waals surface area contributed by atoms with E-state index in [9.17, 15) is 4.79 Å². The summed E-state index contributed by atoms with van der Waals surface area (Å²) >= 11 is 0. The lowest BCUT2D eigenvalue weighted by atomic mass is 9.89. The van der Waals surface area contributed by atoms with Gasteiger partial charge in [-0.05, 0) is 57.5 Å². The van der Waals surface area contributed by atoms with E-state index in [0.717, 1.165) is 29.0 Å². The molecule has 0 saturated carbocycles. The van der Waals surface area contributed by atoms with Crippen LogP contribution in [0.2, 0.25) is 0 Å². The minimum Gasteiger partial charge on any atom is -0.494 e. The molecule has 0 radical (unpaired) electrons. The van der Waals surface area contributed by atoms with E-state index in [1.807, 2.05) is 70.2 Å². The summed E-state index contributed by atoms with van der Waals surface area (Å²) in [6.07, 6.45) is 0.728. The number of carbonyl (C=O) groups excluding carboxylic acids is 1. The van der Waals surface area contributed by atoms with Crippen LogP contribution in [0.1, 0.15) is 54.7 Å². The second-order valence-electron chi connectivity index (χ2n) is 7.04. The second-order valence-corrected chi connectivity index (χ2v) is 7.04. The minimum absolute atomic E-state index is 0.0701. The molecule has 1 amide bonds. The van der Waals surface area contributed by atoms with Gasteiger partial charge in [0.2, 0.25) is 0 Å². The molecule has 0 aromatic heterocycles. The Balaban J connectivity index is 1.82. The summed E-state index contributed by atoms with van der Waals surface area (Å²) in [4.78, 5) is 12.8. The van der Waals surface area contributed by atoms with Gasteiger partial charge in [0.1, 0.15) is 17.1 Å². The molecule has 1 unspecified atom stereocenters. The SMILES string of the molecule is CCOc1ccc(C(=O)NC2CC(C)(C)Oc3ccccc32)cc1C. The van der Waals surface area contributed by atoms with Crippen molar-refractivity contribution in [3.05, 3.63) is 59.2 Å². The predicted octanol–water partition coefficient (Wildman–Crippen LogP) is 4.43. The number of benzene rings is 2. The molecule has 0 saturated heterocycles. The molecule has 3 rings (SSSR count). The van der Waals surface area contributed by atoms with E-state index in [4.69, 9.17) is 9.47 Å². The molecule has 1 N–H and O–H groups in total. The highest BCUT2D eigenvalue weighted by molar-refractivity contribution is 5.95. The molecular weight excluding hydrogens is 314 g/mol. The third kappa shape index (κ3) is 3.78. The fraction of sp³-hybridized carbons (Fsp3) is 0.381. The van der Waals surface area contributed by atoms with Crippen LogP contribution in [0.25, 0.3) is 0 Å². The van der Waals surface area contributed by atoms with Gasteiger partial charge in [-0.2, -0.15) is 0 Å². The molecule has 2 aromatic rings. The maximum absolute atomic E-state index is 12.8. The molecule has 1 aliphatic rings. The zero-order valence-electron chi connectivity index (χ0n) is 15.3. The van der Waals surface area contributed by atoms with E-state index in [-0.39, 0.29) is 17.6 Å². The van der Waals surface area contributed by atoms with Gasteiger partial charge in [0.25, 0.3) is 5.91 Å². The third-order valence-corrected chi connectivity index (χ3v) is 4.42. The number of aryl methyl sites for hydroxylation is 1. The van der Waals surface area contributed by atoms with Crippen molar-refractivity contribution in [2.45, 2.75) is 45.8 Å². The van der Waals surface area contributed by atoms with Gasteiger partial charge in [0, 0.05) is 17.5 Å². The Morgan fingerprint density at radius 1 is 1.28 bits per heavy atom. The molecule has 0 aliphatic carbocycles. The molecule has 4 nitrogen and oxygen atoms in total. The van der Waals surface area contributed by atoms with Crippen molar-refractivity contribution in [2.75, 3.05) is 6.61 Å². The number of hydrogen-bond acceptors (Lipinski definition) is 3. The number of ether oxygens (including phenoxy) is 2. The van der Waals surface area contributed by atoms with Gasteiger partial charge >= 0.3 is 0 Å². The normalized spacial score (nSPS) is 18.0. The summed E-state index contributed by atoms with van der Waals surface area (Å²) in [5.41, 5.74) is 2.31. The lowest BCUT2D eigenvalue weighted by Crippen LogP contribution is -2.41. The Morgan fingerprint density at radius 3 is 2.76 bits per heavy atom. The van der Waals surface area contributed by atoms with Crippen molar-refractivity contribution in [3.63, 3.8) is 0 Å². The maximum Gasteiger partial charge on any atom is 0.251 e. The van der Waals surface area contributed by atoms with Gasteiger partial charge in [-0.15, -0.1) is 0 Å². The molecule has 1 heterocycles. The van der Waals surface area contributed by atoms with E-state index in [1.165, 1.54) is 0 Å². The summed E-state index contributed by atoms with van der Waals surface area (Å²) < 4.78 is 11.6. The quantitative estimate of drug-likeness (QED) is 0.896. The van der Waals surface area contributed by atoms with E-state index in [0.29, 0.717) is 12.2 Å². The van der Waals surface area contributed by atoms with Gasteiger partial charge in [-0.1, -0.05) is 18.2 Å². The smallest absolute Gasteiger partial charge is 0.251 e. The van der Waals surface area contributed by atoms with Crippen LogP contribution in [0.3, 0.4) is 0 Å². The molecule has 0 spiro atoms. The zero-order chi connectivity index (χ0) is 18.0. The molecular formula is C21H25NO3. The van der Waals surface area contributed by atoms with Crippen LogP contribution in [0, 0.1) is 6.92 Å². The summed E-state index contributed by atoms with van der Waals surface area (Å²) in [6.45, 7) is 8.60. The number of fused-ring (bicyclic) bond motifs is 1. The molecule has 1 atom stereocenters. The molecule has 4 heteroatoms. The van der Waals surface area contributed by atoms with Crippen molar-refractivity contribution in [1.29, 1.82) is 0 Å². The topological polar surface area (TPSA) is 47.6 Å². The number of nitrogens with one attached hydrogen (secondary N) is 1. The molecule has 2 aromatic carbocycles. The molecule has 25 heavy (non-hydrogen) atoms. The molecule has 1 aliphatic heterocycles. The Bertz CT molecular complexity index is 782. The Labute approximate surface area is 149 Å². The van der Waals surface area contributed by atoms with E-state index in [2.05, 4.69) is 5.32 Å². The maximum atomic E-state index is 12.8. The second kappa shape index (κ2) is 6.79. The Hall–Kier alpha value is -2.49. The van der Waals surface area contributed by atoms with E-state index < -0.39 is 0 Å². The van der Waals surface area contributed by atoms with Crippen molar-refractivity contribution in [3.8, 4) is 11.5 Å². The van der Waals surface area contributed by atoms with E-state index >= 15 is 0 Å². The lowest BCUT2D eigenvalue weighted by Gasteiger charge is -2.37.